The summed E-state index contributed by atoms with van der Waals surface area (Å²) in [6, 6.07) is 1.09. The Morgan fingerprint density at radius 1 is 1.43 bits per heavy atom. The van der Waals surface area contributed by atoms with Crippen molar-refractivity contribution in [3.63, 3.8) is 0 Å². The van der Waals surface area contributed by atoms with E-state index in [1.54, 1.807) is 0 Å². The van der Waals surface area contributed by atoms with Crippen molar-refractivity contribution in [2.24, 2.45) is 0 Å². The maximum absolute atomic E-state index is 12.4. The number of halogens is 4. The zero-order valence-corrected chi connectivity index (χ0v) is 8.49. The van der Waals surface area contributed by atoms with Crippen molar-refractivity contribution in [1.29, 1.82) is 0 Å². The zero-order chi connectivity index (χ0) is 10.7. The third-order valence-corrected chi connectivity index (χ3v) is 2.25. The predicted octanol–water partition coefficient (Wildman–Crippen LogP) is 2.90. The molecule has 0 aromatic carbocycles. The molecule has 14 heavy (non-hydrogen) atoms. The number of aliphatic hydroxyl groups is 1. The highest BCUT2D eigenvalue weighted by Gasteiger charge is 2.16. The van der Waals surface area contributed by atoms with Crippen LogP contribution in [0, 0.1) is 0 Å². The molecule has 1 aromatic rings. The van der Waals surface area contributed by atoms with E-state index in [0.29, 0.717) is 0 Å². The van der Waals surface area contributed by atoms with Crippen LogP contribution in [0.3, 0.4) is 0 Å². The molecule has 1 N–H and O–H groups in total. The van der Waals surface area contributed by atoms with Crippen LogP contribution in [-0.4, -0.2) is 10.1 Å². The molecule has 0 saturated heterocycles. The first kappa shape index (κ1) is 11.6. The van der Waals surface area contributed by atoms with Crippen molar-refractivity contribution >= 4 is 23.2 Å². The fourth-order valence-electron chi connectivity index (χ4n) is 0.991. The first-order valence-electron chi connectivity index (χ1n) is 3.73. The highest BCUT2D eigenvalue weighted by atomic mass is 35.5. The summed E-state index contributed by atoms with van der Waals surface area (Å²) in [6.45, 7) is -0.397. The highest BCUT2D eigenvalue weighted by molar-refractivity contribution is 6.31. The molecule has 0 unspecified atom stereocenters. The molecule has 78 valence electrons. The number of hydrogen-bond acceptors (Lipinski definition) is 2. The molecule has 0 radical (unpaired) electrons. The monoisotopic (exact) mass is 241 g/mol. The van der Waals surface area contributed by atoms with Gasteiger partial charge in [0.05, 0.1) is 28.9 Å². The van der Waals surface area contributed by atoms with Gasteiger partial charge in [0.2, 0.25) is 0 Å². The zero-order valence-electron chi connectivity index (χ0n) is 6.98. The van der Waals surface area contributed by atoms with Gasteiger partial charge in [0.15, 0.2) is 0 Å². The van der Waals surface area contributed by atoms with E-state index in [0.717, 1.165) is 6.07 Å². The van der Waals surface area contributed by atoms with E-state index in [2.05, 4.69) is 4.98 Å². The first-order chi connectivity index (χ1) is 6.60. The van der Waals surface area contributed by atoms with Crippen molar-refractivity contribution < 1.29 is 13.9 Å². The summed E-state index contributed by atoms with van der Waals surface area (Å²) in [7, 11) is 0. The summed E-state index contributed by atoms with van der Waals surface area (Å²) in [4.78, 5) is 3.74. The minimum absolute atomic E-state index is 0.0247. The molecule has 0 fully saturated rings. The molecule has 2 nitrogen and oxygen atoms in total. The van der Waals surface area contributed by atoms with Crippen molar-refractivity contribution in [3.05, 3.63) is 28.0 Å². The van der Waals surface area contributed by atoms with Gasteiger partial charge < -0.3 is 5.11 Å². The van der Waals surface area contributed by atoms with Crippen LogP contribution in [0.15, 0.2) is 6.07 Å². The van der Waals surface area contributed by atoms with Crippen LogP contribution in [0.1, 0.15) is 23.4 Å². The van der Waals surface area contributed by atoms with Gasteiger partial charge in [0, 0.05) is 5.56 Å². The van der Waals surface area contributed by atoms with Gasteiger partial charge in [-0.05, 0) is 6.07 Å². The Bertz CT molecular complexity index is 333. The lowest BCUT2D eigenvalue weighted by Gasteiger charge is -2.08. The summed E-state index contributed by atoms with van der Waals surface area (Å²) in [6.07, 6.45) is -2.67. The average molecular weight is 242 g/mol. The molecule has 0 aliphatic rings. The first-order valence-corrected chi connectivity index (χ1v) is 4.64. The van der Waals surface area contributed by atoms with Crippen LogP contribution in [-0.2, 0) is 12.5 Å². The second-order valence-electron chi connectivity index (χ2n) is 2.55. The maximum atomic E-state index is 12.4. The van der Waals surface area contributed by atoms with Crippen molar-refractivity contribution in [2.45, 2.75) is 18.9 Å². The number of alkyl halides is 3. The molecular formula is C8H7Cl2F2NO. The molecule has 1 heterocycles. The predicted molar refractivity (Wildman–Crippen MR) is 49.7 cm³/mol. The summed E-state index contributed by atoms with van der Waals surface area (Å²) in [5.41, 5.74) is -0.0796. The smallest absolute Gasteiger partial charge is 0.265 e. The maximum Gasteiger partial charge on any atom is 0.265 e. The average Bonchev–Trinajstić information content (AvgIpc) is 2.17. The second kappa shape index (κ2) is 4.87. The number of aliphatic hydroxyl groups excluding tert-OH is 1. The van der Waals surface area contributed by atoms with E-state index >= 15 is 0 Å². The van der Waals surface area contributed by atoms with E-state index in [-0.39, 0.29) is 27.9 Å². The molecule has 0 bridgehead atoms. The van der Waals surface area contributed by atoms with E-state index in [9.17, 15) is 8.78 Å². The van der Waals surface area contributed by atoms with Crippen LogP contribution < -0.4 is 0 Å². The Balaban J connectivity index is 3.24. The molecule has 0 saturated carbocycles. The minimum atomic E-state index is -2.67. The molecule has 6 heteroatoms. The summed E-state index contributed by atoms with van der Waals surface area (Å²) in [5.74, 6) is -0.135. The Morgan fingerprint density at radius 3 is 2.50 bits per heavy atom. The Labute approximate surface area is 89.5 Å². The van der Waals surface area contributed by atoms with Crippen molar-refractivity contribution in [1.82, 2.24) is 4.98 Å². The lowest BCUT2D eigenvalue weighted by atomic mass is 10.2. The lowest BCUT2D eigenvalue weighted by Crippen LogP contribution is -2.01. The third kappa shape index (κ3) is 2.32. The van der Waals surface area contributed by atoms with Gasteiger partial charge in [-0.25, -0.2) is 8.78 Å². The summed E-state index contributed by atoms with van der Waals surface area (Å²) >= 11 is 11.0. The number of nitrogens with zero attached hydrogens (tertiary/aromatic N) is 1. The molecule has 0 aliphatic heterocycles. The lowest BCUT2D eigenvalue weighted by molar-refractivity contribution is 0.149. The van der Waals surface area contributed by atoms with E-state index in [1.165, 1.54) is 0 Å². The minimum Gasteiger partial charge on any atom is -0.390 e. The van der Waals surface area contributed by atoms with Crippen LogP contribution in [0.2, 0.25) is 5.02 Å². The fraction of sp³-hybridized carbons (Fsp3) is 0.375. The Hall–Kier alpha value is -0.450. The third-order valence-electron chi connectivity index (χ3n) is 1.67. The Kier molecular flexibility index (Phi) is 4.04. The summed E-state index contributed by atoms with van der Waals surface area (Å²) < 4.78 is 24.8. The van der Waals surface area contributed by atoms with Gasteiger partial charge in [0.25, 0.3) is 6.43 Å². The molecule has 0 atom stereocenters. The van der Waals surface area contributed by atoms with Gasteiger partial charge in [-0.1, -0.05) is 11.6 Å². The fourth-order valence-corrected chi connectivity index (χ4v) is 1.42. The molecular weight excluding hydrogens is 235 g/mol. The van der Waals surface area contributed by atoms with Gasteiger partial charge in [-0.2, -0.15) is 0 Å². The van der Waals surface area contributed by atoms with E-state index < -0.39 is 13.0 Å². The Morgan fingerprint density at radius 2 is 2.07 bits per heavy atom. The molecule has 0 aliphatic carbocycles. The van der Waals surface area contributed by atoms with Crippen LogP contribution in [0.25, 0.3) is 0 Å². The molecule has 0 spiro atoms. The van der Waals surface area contributed by atoms with Gasteiger partial charge in [-0.15, -0.1) is 11.6 Å². The van der Waals surface area contributed by atoms with E-state index in [4.69, 9.17) is 28.3 Å². The number of rotatable bonds is 3. The van der Waals surface area contributed by atoms with Crippen molar-refractivity contribution in [3.8, 4) is 0 Å². The molecule has 1 aromatic heterocycles. The highest BCUT2D eigenvalue weighted by Crippen LogP contribution is 2.27. The standard InChI is InChI=1S/C8H7Cl2F2NO/c9-2-6-4(8(11)12)1-5(10)7(3-14)13-6/h1,8,14H,2-3H2. The van der Waals surface area contributed by atoms with Gasteiger partial charge >= 0.3 is 0 Å². The number of aromatic nitrogens is 1. The van der Waals surface area contributed by atoms with Crippen LogP contribution in [0.4, 0.5) is 8.78 Å². The largest absolute Gasteiger partial charge is 0.390 e. The topological polar surface area (TPSA) is 33.1 Å². The number of hydrogen-bond donors (Lipinski definition) is 1. The van der Waals surface area contributed by atoms with Crippen molar-refractivity contribution in [2.75, 3.05) is 0 Å². The van der Waals surface area contributed by atoms with E-state index in [1.807, 2.05) is 0 Å². The summed E-state index contributed by atoms with van der Waals surface area (Å²) in [5, 5.41) is 8.82. The normalized spacial score (nSPS) is 11.0. The second-order valence-corrected chi connectivity index (χ2v) is 3.22. The quantitative estimate of drug-likeness (QED) is 0.826. The SMILES string of the molecule is OCc1nc(CCl)c(C(F)F)cc1Cl. The number of pyridine rings is 1. The molecule has 0 amide bonds. The molecule has 1 rings (SSSR count). The van der Waals surface area contributed by atoms with Gasteiger partial charge in [-0.3, -0.25) is 4.98 Å². The van der Waals surface area contributed by atoms with Gasteiger partial charge in [0.1, 0.15) is 0 Å². The van der Waals surface area contributed by atoms with Crippen LogP contribution >= 0.6 is 23.2 Å². The van der Waals surface area contributed by atoms with Crippen LogP contribution in [0.5, 0.6) is 0 Å².